The number of amides is 1. The second kappa shape index (κ2) is 8.31. The number of carbonyl (C=O) groups is 1. The van der Waals surface area contributed by atoms with Crippen molar-refractivity contribution in [2.45, 2.75) is 19.9 Å². The van der Waals surface area contributed by atoms with Crippen molar-refractivity contribution >= 4 is 5.91 Å². The highest BCUT2D eigenvalue weighted by atomic mass is 19.1. The fourth-order valence-electron chi connectivity index (χ4n) is 3.03. The van der Waals surface area contributed by atoms with Crippen molar-refractivity contribution in [2.75, 3.05) is 20.6 Å². The molecule has 2 aromatic carbocycles. The molecule has 6 nitrogen and oxygen atoms in total. The number of hydrogen-bond acceptors (Lipinski definition) is 4. The molecule has 1 unspecified atom stereocenters. The van der Waals surface area contributed by atoms with Gasteiger partial charge in [0.2, 0.25) is 0 Å². The zero-order valence-electron chi connectivity index (χ0n) is 16.5. The van der Waals surface area contributed by atoms with Gasteiger partial charge in [-0.3, -0.25) is 4.79 Å². The van der Waals surface area contributed by atoms with E-state index in [1.807, 2.05) is 21.0 Å². The van der Waals surface area contributed by atoms with Crippen molar-refractivity contribution in [2.24, 2.45) is 0 Å². The molecule has 3 aromatic rings. The van der Waals surface area contributed by atoms with Crippen molar-refractivity contribution in [3.63, 3.8) is 0 Å². The summed E-state index contributed by atoms with van der Waals surface area (Å²) in [5.74, 6) is -0.616. The van der Waals surface area contributed by atoms with Crippen molar-refractivity contribution in [1.82, 2.24) is 25.2 Å². The van der Waals surface area contributed by atoms with Gasteiger partial charge in [-0.15, -0.1) is 5.10 Å². The van der Waals surface area contributed by atoms with Crippen LogP contribution in [-0.2, 0) is 0 Å². The molecule has 0 radical (unpaired) electrons. The van der Waals surface area contributed by atoms with Gasteiger partial charge in [0.25, 0.3) is 5.91 Å². The maximum Gasteiger partial charge on any atom is 0.273 e. The largest absolute Gasteiger partial charge is 0.349 e. The first-order chi connectivity index (χ1) is 13.4. The Labute approximate surface area is 164 Å². The Kier molecular flexibility index (Phi) is 5.84. The van der Waals surface area contributed by atoms with Crippen LogP contribution in [0, 0.1) is 19.7 Å². The van der Waals surface area contributed by atoms with Crippen LogP contribution in [0.3, 0.4) is 0 Å². The van der Waals surface area contributed by atoms with Crippen LogP contribution < -0.4 is 5.32 Å². The average Bonchev–Trinajstić information content (AvgIpc) is 3.05. The molecule has 0 aliphatic rings. The molecule has 1 atom stereocenters. The Bertz CT molecular complexity index is 948. The van der Waals surface area contributed by atoms with E-state index in [4.69, 9.17) is 0 Å². The summed E-state index contributed by atoms with van der Waals surface area (Å²) < 4.78 is 14.7. The zero-order chi connectivity index (χ0) is 20.3. The summed E-state index contributed by atoms with van der Waals surface area (Å²) in [4.78, 5) is 14.7. The van der Waals surface area contributed by atoms with Crippen LogP contribution in [0.1, 0.15) is 33.4 Å². The van der Waals surface area contributed by atoms with E-state index in [1.54, 1.807) is 19.1 Å². The molecule has 0 aliphatic heterocycles. The van der Waals surface area contributed by atoms with Crippen LogP contribution in [0.25, 0.3) is 5.69 Å². The first-order valence-electron chi connectivity index (χ1n) is 9.06. The van der Waals surface area contributed by atoms with E-state index in [0.29, 0.717) is 17.9 Å². The van der Waals surface area contributed by atoms with Gasteiger partial charge in [-0.2, -0.15) is 0 Å². The third-order valence-electron chi connectivity index (χ3n) is 4.72. The molecule has 0 spiro atoms. The number of likely N-dealkylation sites (N-methyl/N-ethyl adjacent to an activating group) is 1. The van der Waals surface area contributed by atoms with E-state index in [1.165, 1.54) is 22.4 Å². The van der Waals surface area contributed by atoms with Crippen LogP contribution in [0.15, 0.2) is 48.5 Å². The Balaban J connectivity index is 1.74. The van der Waals surface area contributed by atoms with Gasteiger partial charge < -0.3 is 10.2 Å². The standard InChI is InChI=1S/C21H24FN5O/c1-14-5-7-16(8-6-14)19(26(3)4)13-23-21(28)20-15(2)27(25-24-20)18-11-9-17(22)10-12-18/h5-12,19H,13H2,1-4H3,(H,23,28). The van der Waals surface area contributed by atoms with Crippen molar-refractivity contribution < 1.29 is 9.18 Å². The quantitative estimate of drug-likeness (QED) is 0.713. The molecule has 0 fully saturated rings. The SMILES string of the molecule is Cc1ccc(C(CNC(=O)c2nnn(-c3ccc(F)cc3)c2C)N(C)C)cc1. The smallest absolute Gasteiger partial charge is 0.273 e. The number of hydrogen-bond donors (Lipinski definition) is 1. The van der Waals surface area contributed by atoms with Crippen LogP contribution in [0.5, 0.6) is 0 Å². The number of nitrogens with zero attached hydrogens (tertiary/aromatic N) is 4. The Morgan fingerprint density at radius 3 is 2.36 bits per heavy atom. The Hall–Kier alpha value is -3.06. The molecule has 146 valence electrons. The normalized spacial score (nSPS) is 12.2. The van der Waals surface area contributed by atoms with Gasteiger partial charge in [-0.05, 0) is 57.8 Å². The fourth-order valence-corrected chi connectivity index (χ4v) is 3.03. The van der Waals surface area contributed by atoms with E-state index in [-0.39, 0.29) is 23.5 Å². The highest BCUT2D eigenvalue weighted by molar-refractivity contribution is 5.93. The summed E-state index contributed by atoms with van der Waals surface area (Å²) in [7, 11) is 3.96. The van der Waals surface area contributed by atoms with Crippen molar-refractivity contribution in [1.29, 1.82) is 0 Å². The molecule has 0 saturated carbocycles. The maximum atomic E-state index is 13.1. The molecule has 1 aromatic heterocycles. The highest BCUT2D eigenvalue weighted by Gasteiger charge is 2.20. The molecule has 1 amide bonds. The minimum Gasteiger partial charge on any atom is -0.349 e. The van der Waals surface area contributed by atoms with Gasteiger partial charge in [0, 0.05) is 6.54 Å². The lowest BCUT2D eigenvalue weighted by atomic mass is 10.0. The van der Waals surface area contributed by atoms with Gasteiger partial charge in [-0.25, -0.2) is 9.07 Å². The molecule has 7 heteroatoms. The lowest BCUT2D eigenvalue weighted by Gasteiger charge is -2.25. The second-order valence-corrected chi connectivity index (χ2v) is 7.01. The van der Waals surface area contributed by atoms with E-state index >= 15 is 0 Å². The summed E-state index contributed by atoms with van der Waals surface area (Å²) in [5, 5.41) is 11.0. The monoisotopic (exact) mass is 381 g/mol. The summed E-state index contributed by atoms with van der Waals surface area (Å²) in [5.41, 5.74) is 3.82. The van der Waals surface area contributed by atoms with E-state index < -0.39 is 0 Å². The number of aromatic nitrogens is 3. The van der Waals surface area contributed by atoms with Crippen LogP contribution in [0.4, 0.5) is 4.39 Å². The molecular weight excluding hydrogens is 357 g/mol. The first kappa shape index (κ1) is 19.7. The summed E-state index contributed by atoms with van der Waals surface area (Å²) in [6, 6.07) is 14.2. The number of carbonyl (C=O) groups excluding carboxylic acids is 1. The van der Waals surface area contributed by atoms with Gasteiger partial charge in [-0.1, -0.05) is 35.0 Å². The summed E-state index contributed by atoms with van der Waals surface area (Å²) in [6.07, 6.45) is 0. The zero-order valence-corrected chi connectivity index (χ0v) is 16.5. The van der Waals surface area contributed by atoms with E-state index in [0.717, 1.165) is 5.56 Å². The highest BCUT2D eigenvalue weighted by Crippen LogP contribution is 2.18. The minimum atomic E-state index is -0.328. The molecule has 1 heterocycles. The van der Waals surface area contributed by atoms with Gasteiger partial charge in [0.1, 0.15) is 5.82 Å². The van der Waals surface area contributed by atoms with E-state index in [9.17, 15) is 9.18 Å². The third kappa shape index (κ3) is 4.26. The fraction of sp³-hybridized carbons (Fsp3) is 0.286. The number of nitrogens with one attached hydrogen (secondary N) is 1. The lowest BCUT2D eigenvalue weighted by molar-refractivity contribution is 0.0936. The number of rotatable bonds is 6. The lowest BCUT2D eigenvalue weighted by Crippen LogP contribution is -2.35. The van der Waals surface area contributed by atoms with Gasteiger partial charge >= 0.3 is 0 Å². The molecule has 0 aliphatic carbocycles. The summed E-state index contributed by atoms with van der Waals surface area (Å²) >= 11 is 0. The van der Waals surface area contributed by atoms with Crippen molar-refractivity contribution in [3.8, 4) is 5.69 Å². The molecule has 0 bridgehead atoms. The Morgan fingerprint density at radius 1 is 1.11 bits per heavy atom. The molecule has 3 rings (SSSR count). The Morgan fingerprint density at radius 2 is 1.75 bits per heavy atom. The molecule has 28 heavy (non-hydrogen) atoms. The second-order valence-electron chi connectivity index (χ2n) is 7.01. The summed E-state index contributed by atoms with van der Waals surface area (Å²) in [6.45, 7) is 4.25. The molecular formula is C21H24FN5O. The minimum absolute atomic E-state index is 0.0389. The van der Waals surface area contributed by atoms with Gasteiger partial charge in [0.05, 0.1) is 17.4 Å². The predicted octanol–water partition coefficient (Wildman–Crippen LogP) is 3.06. The molecule has 1 N–H and O–H groups in total. The topological polar surface area (TPSA) is 63.1 Å². The van der Waals surface area contributed by atoms with Crippen LogP contribution >= 0.6 is 0 Å². The van der Waals surface area contributed by atoms with Crippen LogP contribution in [-0.4, -0.2) is 46.4 Å². The number of aryl methyl sites for hydroxylation is 1. The number of halogens is 1. The predicted molar refractivity (Wildman–Crippen MR) is 106 cm³/mol. The third-order valence-corrected chi connectivity index (χ3v) is 4.72. The maximum absolute atomic E-state index is 13.1. The van der Waals surface area contributed by atoms with E-state index in [2.05, 4.69) is 44.8 Å². The van der Waals surface area contributed by atoms with Gasteiger partial charge in [0.15, 0.2) is 5.69 Å². The first-order valence-corrected chi connectivity index (χ1v) is 9.06. The number of benzene rings is 2. The van der Waals surface area contributed by atoms with Crippen molar-refractivity contribution in [3.05, 3.63) is 76.9 Å². The average molecular weight is 381 g/mol. The van der Waals surface area contributed by atoms with Crippen LogP contribution in [0.2, 0.25) is 0 Å². The molecule has 0 saturated heterocycles.